The maximum Gasteiger partial charge on any atom is 0.253 e. The number of aromatic amines is 1. The molecule has 3 aromatic rings. The fourth-order valence-electron chi connectivity index (χ4n) is 3.68. The molecule has 1 aromatic heterocycles. The molecule has 4 rings (SSSR count). The number of hydrogen-bond donors (Lipinski definition) is 1. The summed E-state index contributed by atoms with van der Waals surface area (Å²) in [5, 5.41) is 1.21. The lowest BCUT2D eigenvalue weighted by Gasteiger charge is -2.18. The summed E-state index contributed by atoms with van der Waals surface area (Å²) in [5.41, 5.74) is 4.63. The number of ether oxygens (including phenoxy) is 1. The van der Waals surface area contributed by atoms with Gasteiger partial charge in [-0.1, -0.05) is 18.2 Å². The smallest absolute Gasteiger partial charge is 0.253 e. The van der Waals surface area contributed by atoms with Crippen molar-refractivity contribution in [2.45, 2.75) is 25.7 Å². The first kappa shape index (κ1) is 16.7. The van der Waals surface area contributed by atoms with Gasteiger partial charge in [0.05, 0.1) is 6.54 Å². The molecule has 26 heavy (non-hydrogen) atoms. The topological polar surface area (TPSA) is 45.3 Å². The zero-order chi connectivity index (χ0) is 17.9. The van der Waals surface area contributed by atoms with Crippen molar-refractivity contribution in [2.75, 3.05) is 20.2 Å². The van der Waals surface area contributed by atoms with Crippen LogP contribution >= 0.6 is 0 Å². The molecule has 4 nitrogen and oxygen atoms in total. The van der Waals surface area contributed by atoms with Crippen molar-refractivity contribution in [3.63, 3.8) is 0 Å². The van der Waals surface area contributed by atoms with E-state index in [0.29, 0.717) is 13.2 Å². The normalized spacial score (nSPS) is 13.4. The number of aryl methyl sites for hydroxylation is 2. The minimum absolute atomic E-state index is 0.0364. The van der Waals surface area contributed by atoms with E-state index >= 15 is 0 Å². The van der Waals surface area contributed by atoms with Gasteiger partial charge in [0.2, 0.25) is 0 Å². The first-order valence-electron chi connectivity index (χ1n) is 9.29. The first-order chi connectivity index (χ1) is 12.7. The molecule has 0 atom stereocenters. The van der Waals surface area contributed by atoms with Crippen LogP contribution in [0.15, 0.2) is 48.5 Å². The van der Waals surface area contributed by atoms with Gasteiger partial charge in [0.1, 0.15) is 12.4 Å². The molecule has 134 valence electrons. The van der Waals surface area contributed by atoms with E-state index in [1.165, 1.54) is 29.5 Å². The van der Waals surface area contributed by atoms with Crippen LogP contribution in [-0.2, 0) is 12.8 Å². The van der Waals surface area contributed by atoms with Crippen molar-refractivity contribution in [1.82, 2.24) is 9.88 Å². The molecule has 1 heterocycles. The van der Waals surface area contributed by atoms with Gasteiger partial charge in [-0.05, 0) is 61.6 Å². The number of carbonyl (C=O) groups is 1. The second kappa shape index (κ2) is 7.24. The third-order valence-corrected chi connectivity index (χ3v) is 5.13. The van der Waals surface area contributed by atoms with Crippen LogP contribution < -0.4 is 4.74 Å². The van der Waals surface area contributed by atoms with Gasteiger partial charge in [-0.3, -0.25) is 4.79 Å². The minimum Gasteiger partial charge on any atom is -0.492 e. The second-order valence-corrected chi connectivity index (χ2v) is 6.94. The summed E-state index contributed by atoms with van der Waals surface area (Å²) in [6.07, 6.45) is 4.70. The van der Waals surface area contributed by atoms with Crippen LogP contribution in [-0.4, -0.2) is 36.0 Å². The maximum absolute atomic E-state index is 12.8. The van der Waals surface area contributed by atoms with E-state index in [1.54, 1.807) is 4.90 Å². The van der Waals surface area contributed by atoms with Crippen LogP contribution in [0.25, 0.3) is 10.9 Å². The van der Waals surface area contributed by atoms with Gasteiger partial charge in [0.15, 0.2) is 0 Å². The summed E-state index contributed by atoms with van der Waals surface area (Å²) >= 11 is 0. The van der Waals surface area contributed by atoms with Crippen LogP contribution in [0.5, 0.6) is 5.75 Å². The van der Waals surface area contributed by atoms with Gasteiger partial charge < -0.3 is 14.6 Å². The highest BCUT2D eigenvalue weighted by molar-refractivity contribution is 5.99. The zero-order valence-electron chi connectivity index (χ0n) is 15.1. The summed E-state index contributed by atoms with van der Waals surface area (Å²) in [5.74, 6) is 0.864. The number of para-hydroxylation sites is 1. The van der Waals surface area contributed by atoms with E-state index in [2.05, 4.69) is 4.98 Å². The second-order valence-electron chi connectivity index (χ2n) is 6.94. The van der Waals surface area contributed by atoms with E-state index in [4.69, 9.17) is 4.74 Å². The minimum atomic E-state index is 0.0364. The number of aromatic nitrogens is 1. The van der Waals surface area contributed by atoms with E-state index in [9.17, 15) is 4.79 Å². The number of fused-ring (bicyclic) bond motifs is 3. The fourth-order valence-corrected chi connectivity index (χ4v) is 3.68. The predicted octanol–water partition coefficient (Wildman–Crippen LogP) is 4.20. The Labute approximate surface area is 153 Å². The van der Waals surface area contributed by atoms with Gasteiger partial charge in [-0.25, -0.2) is 0 Å². The van der Waals surface area contributed by atoms with Gasteiger partial charge >= 0.3 is 0 Å². The molecule has 2 aromatic carbocycles. The average molecular weight is 348 g/mol. The van der Waals surface area contributed by atoms with Crippen LogP contribution in [0.2, 0.25) is 0 Å². The van der Waals surface area contributed by atoms with Gasteiger partial charge in [0, 0.05) is 29.2 Å². The van der Waals surface area contributed by atoms with Crippen LogP contribution in [0.3, 0.4) is 0 Å². The van der Waals surface area contributed by atoms with E-state index < -0.39 is 0 Å². The zero-order valence-corrected chi connectivity index (χ0v) is 15.1. The molecule has 1 amide bonds. The average Bonchev–Trinajstić information content (AvgIpc) is 3.06. The van der Waals surface area contributed by atoms with Gasteiger partial charge in [-0.15, -0.1) is 0 Å². The molecule has 0 radical (unpaired) electrons. The number of H-pyrrole nitrogens is 1. The predicted molar refractivity (Wildman–Crippen MR) is 104 cm³/mol. The van der Waals surface area contributed by atoms with Crippen molar-refractivity contribution in [1.29, 1.82) is 0 Å². The standard InChI is InChI=1S/C22H24N2O2/c1-24(13-14-26-17-7-3-2-4-8-17)22(25)16-11-12-21-19(15-16)18-9-5-6-10-20(18)23-21/h2-4,7-8,11-12,15,23H,5-6,9-10,13-14H2,1H3. The molecule has 1 aliphatic rings. The van der Waals surface area contributed by atoms with Gasteiger partial charge in [-0.2, -0.15) is 0 Å². The van der Waals surface area contributed by atoms with Crippen LogP contribution in [0.4, 0.5) is 0 Å². The number of rotatable bonds is 5. The number of amides is 1. The Balaban J connectivity index is 1.45. The van der Waals surface area contributed by atoms with E-state index in [0.717, 1.165) is 29.7 Å². The number of benzene rings is 2. The SMILES string of the molecule is CN(CCOc1ccccc1)C(=O)c1ccc2[nH]c3c(c2c1)CCCC3. The van der Waals surface area contributed by atoms with Gasteiger partial charge in [0.25, 0.3) is 5.91 Å². The molecule has 0 fully saturated rings. The number of likely N-dealkylation sites (N-methyl/N-ethyl adjacent to an activating group) is 1. The Morgan fingerprint density at radius 1 is 1.12 bits per heavy atom. The Morgan fingerprint density at radius 2 is 1.92 bits per heavy atom. The summed E-state index contributed by atoms with van der Waals surface area (Å²) in [6, 6.07) is 15.7. The van der Waals surface area contributed by atoms with E-state index in [1.807, 2.05) is 55.6 Å². The molecule has 0 saturated heterocycles. The highest BCUT2D eigenvalue weighted by atomic mass is 16.5. The lowest BCUT2D eigenvalue weighted by molar-refractivity contribution is 0.0774. The highest BCUT2D eigenvalue weighted by Crippen LogP contribution is 2.29. The molecule has 0 spiro atoms. The largest absolute Gasteiger partial charge is 0.492 e. The molecule has 1 aliphatic carbocycles. The summed E-state index contributed by atoms with van der Waals surface area (Å²) < 4.78 is 5.70. The van der Waals surface area contributed by atoms with Crippen LogP contribution in [0, 0.1) is 0 Å². The monoisotopic (exact) mass is 348 g/mol. The van der Waals surface area contributed by atoms with Crippen molar-refractivity contribution in [3.8, 4) is 5.75 Å². The number of carbonyl (C=O) groups excluding carboxylic acids is 1. The summed E-state index contributed by atoms with van der Waals surface area (Å²) in [6.45, 7) is 1.03. The summed E-state index contributed by atoms with van der Waals surface area (Å²) in [4.78, 5) is 18.0. The molecule has 0 aliphatic heterocycles. The molecule has 1 N–H and O–H groups in total. The van der Waals surface area contributed by atoms with Crippen LogP contribution in [0.1, 0.15) is 34.5 Å². The number of hydrogen-bond acceptors (Lipinski definition) is 2. The fraction of sp³-hybridized carbons (Fsp3) is 0.318. The highest BCUT2D eigenvalue weighted by Gasteiger charge is 2.18. The Kier molecular flexibility index (Phi) is 4.65. The molecule has 0 saturated carbocycles. The Morgan fingerprint density at radius 3 is 2.77 bits per heavy atom. The lowest BCUT2D eigenvalue weighted by Crippen LogP contribution is -2.30. The molecule has 0 bridgehead atoms. The maximum atomic E-state index is 12.8. The van der Waals surface area contributed by atoms with Crippen molar-refractivity contribution < 1.29 is 9.53 Å². The molecule has 0 unspecified atom stereocenters. The molecular weight excluding hydrogens is 324 g/mol. The Bertz CT molecular complexity index is 915. The molecular formula is C22H24N2O2. The third-order valence-electron chi connectivity index (χ3n) is 5.13. The lowest BCUT2D eigenvalue weighted by atomic mass is 9.95. The number of nitrogens with zero attached hydrogens (tertiary/aromatic N) is 1. The third kappa shape index (κ3) is 3.32. The van der Waals surface area contributed by atoms with Crippen molar-refractivity contribution >= 4 is 16.8 Å². The van der Waals surface area contributed by atoms with Crippen molar-refractivity contribution in [3.05, 3.63) is 65.4 Å². The Hall–Kier alpha value is -2.75. The summed E-state index contributed by atoms with van der Waals surface area (Å²) in [7, 11) is 1.83. The quantitative estimate of drug-likeness (QED) is 0.751. The van der Waals surface area contributed by atoms with E-state index in [-0.39, 0.29) is 5.91 Å². The van der Waals surface area contributed by atoms with Crippen molar-refractivity contribution in [2.24, 2.45) is 0 Å². The first-order valence-corrected chi connectivity index (χ1v) is 9.29. The molecule has 4 heteroatoms. The number of nitrogens with one attached hydrogen (secondary N) is 1.